The minimum Gasteiger partial charge on any atom is -0.462 e. The maximum atomic E-state index is 12.9. The summed E-state index contributed by atoms with van der Waals surface area (Å²) in [6.45, 7) is 6.46. The molecule has 0 aromatic carbocycles. The molecule has 1 atom stereocenters. The minimum absolute atomic E-state index is 0.0928. The first-order chi connectivity index (χ1) is 38.0. The summed E-state index contributed by atoms with van der Waals surface area (Å²) >= 11 is 0. The number of carbonyl (C=O) groups excluding carboxylic acids is 3. The van der Waals surface area contributed by atoms with Gasteiger partial charge in [-0.3, -0.25) is 14.4 Å². The third kappa shape index (κ3) is 62.5. The fourth-order valence-corrected chi connectivity index (χ4v) is 8.61. The average Bonchev–Trinajstić information content (AvgIpc) is 3.43. The van der Waals surface area contributed by atoms with E-state index in [0.29, 0.717) is 19.3 Å². The Kier molecular flexibility index (Phi) is 60.8. The predicted octanol–water partition coefficient (Wildman–Crippen LogP) is 22.0. The van der Waals surface area contributed by atoms with Crippen LogP contribution in [0.5, 0.6) is 0 Å². The van der Waals surface area contributed by atoms with Gasteiger partial charge in [-0.15, -0.1) is 0 Å². The second-order valence-electron chi connectivity index (χ2n) is 20.9. The maximum absolute atomic E-state index is 12.9. The summed E-state index contributed by atoms with van der Waals surface area (Å²) in [6, 6.07) is 0. The summed E-state index contributed by atoms with van der Waals surface area (Å²) in [5, 5.41) is 0. The van der Waals surface area contributed by atoms with Crippen LogP contribution in [0.1, 0.15) is 290 Å². The quantitative estimate of drug-likeness (QED) is 0.0261. The molecule has 77 heavy (non-hydrogen) atoms. The van der Waals surface area contributed by atoms with Crippen LogP contribution >= 0.6 is 0 Å². The van der Waals surface area contributed by atoms with Crippen LogP contribution in [-0.2, 0) is 28.6 Å². The molecule has 1 unspecified atom stereocenters. The zero-order valence-electron chi connectivity index (χ0n) is 50.2. The van der Waals surface area contributed by atoms with Crippen molar-refractivity contribution < 1.29 is 28.6 Å². The molecular formula is C71H118O6. The van der Waals surface area contributed by atoms with E-state index in [1.807, 2.05) is 0 Å². The van der Waals surface area contributed by atoms with Gasteiger partial charge in [-0.05, 0) is 128 Å². The van der Waals surface area contributed by atoms with Crippen molar-refractivity contribution in [2.24, 2.45) is 0 Å². The molecule has 0 aromatic heterocycles. The van der Waals surface area contributed by atoms with Gasteiger partial charge < -0.3 is 14.2 Å². The Balaban J connectivity index is 4.35. The highest BCUT2D eigenvalue weighted by atomic mass is 16.6. The summed E-state index contributed by atoms with van der Waals surface area (Å²) < 4.78 is 16.9. The highest BCUT2D eigenvalue weighted by molar-refractivity contribution is 5.71. The summed E-state index contributed by atoms with van der Waals surface area (Å²) in [5.74, 6) is -0.926. The van der Waals surface area contributed by atoms with Crippen LogP contribution in [0, 0.1) is 0 Å². The standard InChI is InChI=1S/C71H118O6/c1-4-7-10-13-16-19-22-24-26-28-30-31-32-33-34-35-36-37-38-39-41-42-44-46-49-52-55-58-61-64-70(73)76-67-68(66-75-69(72)63-60-57-54-51-48-21-18-15-12-9-6-3)77-71(74)65-62-59-56-53-50-47-45-43-40-29-27-25-23-20-17-14-11-8-5-2/h7,10,15-16,18-19,24-27,30-31,33-34,36-37,39,41,44,46,68H,4-6,8-9,11-14,17,20-23,28-29,32,35,38,40,42-43,45,47-67H2,1-3H3/b10-7-,18-15-,19-16-,26-24-,27-25-,31-30-,34-33-,37-36-,41-39-,46-44-. The Hall–Kier alpha value is -4.19. The number of hydrogen-bond donors (Lipinski definition) is 0. The highest BCUT2D eigenvalue weighted by Crippen LogP contribution is 2.15. The topological polar surface area (TPSA) is 78.9 Å². The second kappa shape index (κ2) is 64.3. The first-order valence-electron chi connectivity index (χ1n) is 32.0. The molecule has 0 amide bonds. The lowest BCUT2D eigenvalue weighted by Crippen LogP contribution is -2.30. The Bertz CT molecular complexity index is 1600. The zero-order valence-corrected chi connectivity index (χ0v) is 50.2. The van der Waals surface area contributed by atoms with Crippen LogP contribution in [0.4, 0.5) is 0 Å². The monoisotopic (exact) mass is 1070 g/mol. The van der Waals surface area contributed by atoms with Gasteiger partial charge in [0.15, 0.2) is 6.10 Å². The molecule has 438 valence electrons. The number of carbonyl (C=O) groups is 3. The van der Waals surface area contributed by atoms with Crippen LogP contribution in [0.3, 0.4) is 0 Å². The van der Waals surface area contributed by atoms with E-state index in [2.05, 4.69) is 142 Å². The zero-order chi connectivity index (χ0) is 55.7. The van der Waals surface area contributed by atoms with Crippen molar-refractivity contribution in [1.82, 2.24) is 0 Å². The molecule has 0 aliphatic rings. The lowest BCUT2D eigenvalue weighted by molar-refractivity contribution is -0.167. The number of rotatable bonds is 57. The fourth-order valence-electron chi connectivity index (χ4n) is 8.61. The largest absolute Gasteiger partial charge is 0.462 e. The third-order valence-electron chi connectivity index (χ3n) is 13.4. The van der Waals surface area contributed by atoms with Crippen molar-refractivity contribution in [2.45, 2.75) is 297 Å². The third-order valence-corrected chi connectivity index (χ3v) is 13.4. The van der Waals surface area contributed by atoms with Gasteiger partial charge in [0.1, 0.15) is 13.2 Å². The SMILES string of the molecule is CC/C=C\C/C=C\C/C=C\C/C=C\C/C=C\C/C=C\C/C=C\C/C=C\CCCCCCC(=O)OCC(COC(=O)CCCCCCC/C=C\CCCC)OC(=O)CCCCCCCCCCC/C=C\CCCCCCCC. The van der Waals surface area contributed by atoms with Gasteiger partial charge in [-0.25, -0.2) is 0 Å². The van der Waals surface area contributed by atoms with E-state index in [1.54, 1.807) is 0 Å². The van der Waals surface area contributed by atoms with Crippen LogP contribution in [0.25, 0.3) is 0 Å². The molecule has 0 bridgehead atoms. The molecule has 0 saturated heterocycles. The van der Waals surface area contributed by atoms with Crippen LogP contribution in [0.2, 0.25) is 0 Å². The molecule has 0 rings (SSSR count). The number of ether oxygens (including phenoxy) is 3. The molecule has 0 fully saturated rings. The van der Waals surface area contributed by atoms with Gasteiger partial charge in [-0.2, -0.15) is 0 Å². The lowest BCUT2D eigenvalue weighted by atomic mass is 10.1. The fraction of sp³-hybridized carbons (Fsp3) is 0.676. The van der Waals surface area contributed by atoms with Crippen molar-refractivity contribution in [2.75, 3.05) is 13.2 Å². The molecule has 6 nitrogen and oxygen atoms in total. The minimum atomic E-state index is -0.796. The second-order valence-corrected chi connectivity index (χ2v) is 20.9. The van der Waals surface area contributed by atoms with Gasteiger partial charge in [0.05, 0.1) is 0 Å². The van der Waals surface area contributed by atoms with E-state index in [4.69, 9.17) is 14.2 Å². The molecule has 0 spiro atoms. The molecule has 0 aliphatic heterocycles. The van der Waals surface area contributed by atoms with Gasteiger partial charge in [-0.1, -0.05) is 264 Å². The molecule has 0 N–H and O–H groups in total. The molecule has 0 aliphatic carbocycles. The Morgan fingerprint density at radius 1 is 0.273 bits per heavy atom. The summed E-state index contributed by atoms with van der Waals surface area (Å²) in [4.78, 5) is 38.2. The van der Waals surface area contributed by atoms with E-state index in [-0.39, 0.29) is 31.1 Å². The normalized spacial score (nSPS) is 12.9. The number of hydrogen-bond acceptors (Lipinski definition) is 6. The summed E-state index contributed by atoms with van der Waals surface area (Å²) in [5.41, 5.74) is 0. The van der Waals surface area contributed by atoms with E-state index in [9.17, 15) is 14.4 Å². The Morgan fingerprint density at radius 3 is 0.844 bits per heavy atom. The van der Waals surface area contributed by atoms with E-state index < -0.39 is 6.10 Å². The summed E-state index contributed by atoms with van der Waals surface area (Å²) in [6.07, 6.45) is 89.2. The first-order valence-corrected chi connectivity index (χ1v) is 32.0. The van der Waals surface area contributed by atoms with Gasteiger partial charge in [0.2, 0.25) is 0 Å². The van der Waals surface area contributed by atoms with Gasteiger partial charge in [0.25, 0.3) is 0 Å². The van der Waals surface area contributed by atoms with Gasteiger partial charge >= 0.3 is 17.9 Å². The van der Waals surface area contributed by atoms with Gasteiger partial charge in [0, 0.05) is 19.3 Å². The smallest absolute Gasteiger partial charge is 0.306 e. The van der Waals surface area contributed by atoms with E-state index >= 15 is 0 Å². The lowest BCUT2D eigenvalue weighted by Gasteiger charge is -2.18. The number of allylic oxidation sites excluding steroid dienone is 20. The highest BCUT2D eigenvalue weighted by Gasteiger charge is 2.19. The molecule has 6 heteroatoms. The number of esters is 3. The number of unbranched alkanes of at least 4 members (excludes halogenated alkanes) is 26. The van der Waals surface area contributed by atoms with Crippen LogP contribution in [-0.4, -0.2) is 37.2 Å². The molecule has 0 heterocycles. The van der Waals surface area contributed by atoms with Crippen molar-refractivity contribution in [3.05, 3.63) is 122 Å². The van der Waals surface area contributed by atoms with E-state index in [1.165, 1.54) is 116 Å². The molecule has 0 aromatic rings. The van der Waals surface area contributed by atoms with Crippen molar-refractivity contribution in [3.63, 3.8) is 0 Å². The first kappa shape index (κ1) is 72.8. The average molecular weight is 1070 g/mol. The molecule has 0 saturated carbocycles. The molecular weight excluding hydrogens is 949 g/mol. The molecule has 0 radical (unpaired) electrons. The van der Waals surface area contributed by atoms with Crippen LogP contribution in [0.15, 0.2) is 122 Å². The van der Waals surface area contributed by atoms with Crippen LogP contribution < -0.4 is 0 Å². The Morgan fingerprint density at radius 2 is 0.519 bits per heavy atom. The van der Waals surface area contributed by atoms with Crippen molar-refractivity contribution >= 4 is 17.9 Å². The Labute approximate surface area is 475 Å². The predicted molar refractivity (Wildman–Crippen MR) is 334 cm³/mol. The summed E-state index contributed by atoms with van der Waals surface area (Å²) in [7, 11) is 0. The van der Waals surface area contributed by atoms with Crippen molar-refractivity contribution in [3.8, 4) is 0 Å². The van der Waals surface area contributed by atoms with Crippen molar-refractivity contribution in [1.29, 1.82) is 0 Å². The maximum Gasteiger partial charge on any atom is 0.306 e. The van der Waals surface area contributed by atoms with E-state index in [0.717, 1.165) is 135 Å².